The molecule has 5 N–H and O–H groups in total. The largest absolute Gasteiger partial charge is 0.368 e. The van der Waals surface area contributed by atoms with Crippen LogP contribution in [0.3, 0.4) is 0 Å². The molecular formula is C110H175Cl5N20O5. The molecule has 0 aromatic heterocycles. The zero-order valence-electron chi connectivity index (χ0n) is 157. The Morgan fingerprint density at radius 2 is 0.486 bits per heavy atom. The summed E-state index contributed by atoms with van der Waals surface area (Å²) in [6.45, 7) is -0.677. The van der Waals surface area contributed by atoms with Crippen molar-refractivity contribution in [2.75, 3.05) is 258 Å². The summed E-state index contributed by atoms with van der Waals surface area (Å²) in [5.41, 5.74) is 2.78. The van der Waals surface area contributed by atoms with Gasteiger partial charge in [-0.1, -0.05) is 118 Å². The molecule has 5 aliphatic carbocycles. The van der Waals surface area contributed by atoms with E-state index in [1.807, 2.05) is 5.32 Å². The molecule has 140 heavy (non-hydrogen) atoms. The SMILES string of the molecule is [2H]c1c([2H])c(C)c(Cl)c(N2CCN(C([2H])([2H])CC3([2H])C([2H])([2H])C([2H])([2H])C([2H])(NC(=O)N(C)C)C([2H])([2H])C3([2H])[2H])CC2)c1[2H].[2H]c1c([2H])c(C)c(Cl)c(N2CCN(CC([2H])([2H])C3([2H])C([2H])([2H])C([2H])([2H])C([2H])(NC(=O)N(C)C([2H])([2H])[2H])C([2H])([2H])C3([2H])[2H])CC2)c1[2H].[2H]c1c([2H])c(C)c(Cl)c(N2CCN(CC([2H])([2H])C3([2H])C([2H])([2H])C([2H])([2H])C([2H])(NC(=O)N(C)C)C([2H])([2H])C3([2H])[2H])CC2)c1[2H].[2H]c1c([2H])c(C)c(Cl)c(N2CCN(CCC3([2H])C([2H])([2H])C([2H])([2H])C([2H])(NC(=O)N(C)C([2H])([2H])[2H])C([2H])([2H])C3([2H])[2H])CC2)c1[2H].[2H]c1c([2H])c(C)c(Cl)c(N2CCN(CCC3([2H])C([2H])([2H])C([2H])([2H])C([2H])(NC(=O)N(C)C)C([2H])([2H])C3([2H])[2H])CC2)c1[2H]. The van der Waals surface area contributed by atoms with Crippen molar-refractivity contribution < 1.29 is 130 Å². The Hall–Kier alpha value is -7.30. The standard InChI is InChI=1S/5C22H35ClN4O/c5*1-17-5-4-6-20(21(17)23)27-15-13-26(14-16-27)12-11-18-7-9-19(10-8-18)24-22(28)25(2)3/h5*4-6,18-19H,7-16H2,1-3H3,(H,24,28)/i2D3,4D,5D,6D,7D2,8D2,9D2,10D2,11D2,18D,19D;4D,5D,6D,7D2,8D2,9D2,10D2,12D2,18D,19D;4D,5D,6D,7D2,8D2,9D2,10D2,11D2,18D,19D;2D3,4D,5D,6D,7D2,8D2,9D2,10D2,18D,19D;4D,5D,6D,7D2,8D2,9D2,10D2,18D,19D. The van der Waals surface area contributed by atoms with Crippen LogP contribution >= 0.6 is 58.0 Å². The van der Waals surface area contributed by atoms with Crippen LogP contribution in [0.2, 0.25) is 25.1 Å². The average molecular weight is 2110 g/mol. The van der Waals surface area contributed by atoms with Gasteiger partial charge in [-0.3, -0.25) is 24.5 Å². The van der Waals surface area contributed by atoms with Gasteiger partial charge < -0.3 is 75.6 Å². The number of halogens is 5. The van der Waals surface area contributed by atoms with Gasteiger partial charge in [0.1, 0.15) is 0 Å². The van der Waals surface area contributed by atoms with E-state index >= 15 is 0 Å². The van der Waals surface area contributed by atoms with Crippen molar-refractivity contribution in [2.45, 2.75) is 224 Å². The number of nitrogens with zero attached hydrogens (tertiary/aromatic N) is 15. The van der Waals surface area contributed by atoms with Crippen molar-refractivity contribution in [3.8, 4) is 0 Å². The molecule has 5 aromatic carbocycles. The third kappa shape index (κ3) is 35.8. The van der Waals surface area contributed by atoms with E-state index in [1.54, 1.807) is 71.0 Å². The first-order chi connectivity index (χ1) is 96.9. The van der Waals surface area contributed by atoms with Crippen LogP contribution < -0.4 is 51.1 Å². The van der Waals surface area contributed by atoms with Gasteiger partial charge in [-0.15, -0.1) is 0 Å². The number of urea groups is 5. The summed E-state index contributed by atoms with van der Waals surface area (Å²) in [7, 11) is 8.78. The maximum atomic E-state index is 12.7. The van der Waals surface area contributed by atoms with E-state index in [1.165, 1.54) is 71.3 Å². The van der Waals surface area contributed by atoms with Gasteiger partial charge in [0.25, 0.3) is 0 Å². The number of carbonyl (C=O) groups is 5. The highest BCUT2D eigenvalue weighted by atomic mass is 35.5. The first-order valence-corrected chi connectivity index (χ1v) is 46.6. The Bertz CT molecular complexity index is 8420. The Morgan fingerprint density at radius 3 is 0.700 bits per heavy atom. The van der Waals surface area contributed by atoms with Crippen molar-refractivity contribution in [1.29, 1.82) is 0 Å². The van der Waals surface area contributed by atoms with Crippen LogP contribution in [0.15, 0.2) is 90.6 Å². The molecule has 0 bridgehead atoms. The van der Waals surface area contributed by atoms with Crippen molar-refractivity contribution in [1.82, 2.24) is 75.6 Å². The third-order valence-electron chi connectivity index (χ3n) is 22.3. The molecule has 5 aliphatic heterocycles. The molecule has 0 atom stereocenters. The monoisotopic (exact) mass is 2110 g/mol. The molecular weight excluding hydrogens is 1860 g/mol. The van der Waals surface area contributed by atoms with Gasteiger partial charge in [0.2, 0.25) is 0 Å². The number of carbonyl (C=O) groups excluding carboxylic acids is 5. The molecule has 5 aromatic rings. The van der Waals surface area contributed by atoms with Gasteiger partial charge in [0, 0.05) is 309 Å². The van der Waals surface area contributed by atoms with E-state index in [2.05, 4.69) is 0 Å². The van der Waals surface area contributed by atoms with Gasteiger partial charge in [-0.05, 0) is 314 Å². The van der Waals surface area contributed by atoms with Crippen molar-refractivity contribution >= 4 is 117 Å². The molecule has 15 rings (SSSR count). The molecule has 10 fully saturated rings. The molecule has 5 heterocycles. The van der Waals surface area contributed by atoms with E-state index in [9.17, 15) is 24.0 Å². The van der Waals surface area contributed by atoms with E-state index in [0.717, 1.165) is 26.6 Å². The fourth-order valence-electron chi connectivity index (χ4n) is 13.8. The number of amides is 10. The first kappa shape index (κ1) is 47.7. The first-order valence-electron chi connectivity index (χ1n) is 83.2. The molecule has 0 spiro atoms. The van der Waals surface area contributed by atoms with Gasteiger partial charge in [-0.25, -0.2) is 24.0 Å². The summed E-state index contributed by atoms with van der Waals surface area (Å²) in [5, 5.41) is 9.12. The highest BCUT2D eigenvalue weighted by Gasteiger charge is 2.33. The normalized spacial score (nSPS) is 44.5. The average Bonchev–Trinajstić information content (AvgIpc) is 0.643. The van der Waals surface area contributed by atoms with Crippen LogP contribution in [0.4, 0.5) is 52.4 Å². The van der Waals surface area contributed by atoms with Gasteiger partial charge in [0.15, 0.2) is 0 Å². The Kier molecular flexibility index (Phi) is 19.6. The second-order valence-corrected chi connectivity index (χ2v) is 35.1. The molecule has 5 saturated heterocycles. The zero-order chi connectivity index (χ0) is 169. The lowest BCUT2D eigenvalue weighted by molar-refractivity contribution is 0.194. The predicted molar refractivity (Wildman–Crippen MR) is 587 cm³/mol. The minimum absolute atomic E-state index is 0.00631. The molecule has 780 valence electrons. The van der Waals surface area contributed by atoms with Crippen LogP contribution in [0, 0.1) is 64.1 Å². The van der Waals surface area contributed by atoms with Crippen LogP contribution in [0.25, 0.3) is 0 Å². The summed E-state index contributed by atoms with van der Waals surface area (Å²) in [4.78, 5) is 81.0. The minimum atomic E-state index is -4.03. The van der Waals surface area contributed by atoms with Crippen molar-refractivity contribution in [3.05, 3.63) is 144 Å². The second kappa shape index (κ2) is 57.6. The van der Waals surface area contributed by atoms with Crippen molar-refractivity contribution in [3.63, 3.8) is 0 Å². The van der Waals surface area contributed by atoms with Crippen LogP contribution in [-0.4, -0.2) is 343 Å². The number of piperazine rings is 5. The number of anilines is 5. The number of nitrogens with one attached hydrogen (secondary N) is 5. The summed E-state index contributed by atoms with van der Waals surface area (Å²) in [6.07, 6.45) is -84.2. The summed E-state index contributed by atoms with van der Waals surface area (Å²) in [5.74, 6) is -17.3. The minimum Gasteiger partial charge on any atom is -0.368 e. The smallest absolute Gasteiger partial charge is 0.317 e. The maximum absolute atomic E-state index is 12.7. The summed E-state index contributed by atoms with van der Waals surface area (Å²) < 4.78 is 649. The molecule has 5 saturated carbocycles. The molecule has 25 nitrogen and oxygen atoms in total. The predicted octanol–water partition coefficient (Wildman–Crippen LogP) is 20.0. The fraction of sp³-hybridized carbons (Fsp3) is 0.682. The summed E-state index contributed by atoms with van der Waals surface area (Å²) >= 11 is 32.0. The lowest BCUT2D eigenvalue weighted by Gasteiger charge is -2.37. The zero-order valence-corrected chi connectivity index (χ0v) is 84.0. The number of benzene rings is 5. The Balaban J connectivity index is 0.000000247. The van der Waals surface area contributed by atoms with Crippen molar-refractivity contribution in [2.24, 2.45) is 29.5 Å². The highest BCUT2D eigenvalue weighted by Crippen LogP contribution is 2.39. The Morgan fingerprint density at radius 1 is 0.293 bits per heavy atom. The van der Waals surface area contributed by atoms with E-state index in [0.29, 0.717) is 61.2 Å². The van der Waals surface area contributed by atoms with E-state index in [4.69, 9.17) is 164 Å². The third-order valence-corrected chi connectivity index (χ3v) is 24.6. The molecule has 10 aliphatic rings. The molecule has 30 heteroatoms. The van der Waals surface area contributed by atoms with Gasteiger partial charge in [-0.2, -0.15) is 0 Å². The molecule has 0 radical (unpaired) electrons. The molecule has 10 amide bonds. The van der Waals surface area contributed by atoms with Gasteiger partial charge in [0.05, 0.1) is 81.0 Å². The molecule has 0 unspecified atom stereocenters. The topological polar surface area (TPSA) is 194 Å². The fourth-order valence-corrected chi connectivity index (χ4v) is 14.9. The van der Waals surface area contributed by atoms with Gasteiger partial charge >= 0.3 is 30.2 Å². The number of hydrogen-bond donors (Lipinski definition) is 5. The maximum Gasteiger partial charge on any atom is 0.317 e. The summed E-state index contributed by atoms with van der Waals surface area (Å²) in [6, 6.07) is -28.7. The van der Waals surface area contributed by atoms with E-state index in [-0.39, 0.29) is 272 Å². The number of hydrogen-bond acceptors (Lipinski definition) is 15. The quantitative estimate of drug-likeness (QED) is 0.0370. The van der Waals surface area contributed by atoms with E-state index < -0.39 is 283 Å². The lowest BCUT2D eigenvalue weighted by Crippen LogP contribution is -2.47. The lowest BCUT2D eigenvalue weighted by atomic mass is 9.84. The van der Waals surface area contributed by atoms with Crippen LogP contribution in [0.5, 0.6) is 0 Å². The number of rotatable bonds is 25. The van der Waals surface area contributed by atoms with Crippen LogP contribution in [-0.2, 0) is 0 Å². The second-order valence-electron chi connectivity index (χ2n) is 33.2. The Labute approximate surface area is 975 Å². The van der Waals surface area contributed by atoms with Crippen LogP contribution in [0.1, 0.15) is 293 Å². The highest BCUT2D eigenvalue weighted by molar-refractivity contribution is 6.35.